The Morgan fingerprint density at radius 2 is 1.87 bits per heavy atom. The number of hydrogen-bond donors (Lipinski definition) is 1. The van der Waals surface area contributed by atoms with Gasteiger partial charge in [0.05, 0.1) is 27.9 Å². The molecule has 4 heterocycles. The first kappa shape index (κ1) is 18.7. The number of carbonyl (C=O) groups excluding carboxylic acids is 2. The quantitative estimate of drug-likeness (QED) is 0.502. The van der Waals surface area contributed by atoms with Gasteiger partial charge >= 0.3 is 6.36 Å². The molecule has 0 spiro atoms. The minimum atomic E-state index is -4.91. The van der Waals surface area contributed by atoms with Crippen LogP contribution in [0.25, 0.3) is 22.3 Å². The second kappa shape index (κ2) is 6.62. The van der Waals surface area contributed by atoms with E-state index in [0.29, 0.717) is 16.6 Å². The van der Waals surface area contributed by atoms with Crippen LogP contribution < -0.4 is 9.64 Å². The zero-order chi connectivity index (χ0) is 21.8. The standard InChI is InChI=1S/C20H10F3N5O3/c21-20(22,23)31-12-5-1-4-11(7-12)28-18(29)13-9-25-17-15(14(13)19(28)30)16(26-27-17)10-3-2-6-24-8-10/h1-9H,(H,25,26,27). The van der Waals surface area contributed by atoms with E-state index in [0.717, 1.165) is 17.0 Å². The number of fused-ring (bicyclic) bond motifs is 3. The summed E-state index contributed by atoms with van der Waals surface area (Å²) in [4.78, 5) is 35.2. The van der Waals surface area contributed by atoms with E-state index in [2.05, 4.69) is 24.9 Å². The summed E-state index contributed by atoms with van der Waals surface area (Å²) in [6, 6.07) is 8.09. The van der Waals surface area contributed by atoms with Gasteiger partial charge in [-0.3, -0.25) is 19.7 Å². The topological polar surface area (TPSA) is 101 Å². The van der Waals surface area contributed by atoms with E-state index in [-0.39, 0.29) is 22.5 Å². The van der Waals surface area contributed by atoms with Crippen molar-refractivity contribution in [1.29, 1.82) is 0 Å². The number of benzene rings is 1. The minimum absolute atomic E-state index is 0.0196. The Morgan fingerprint density at radius 3 is 2.61 bits per heavy atom. The van der Waals surface area contributed by atoms with Crippen LogP contribution in [0.4, 0.5) is 18.9 Å². The highest BCUT2D eigenvalue weighted by Crippen LogP contribution is 2.37. The first-order valence-electron chi connectivity index (χ1n) is 8.85. The van der Waals surface area contributed by atoms with Gasteiger partial charge < -0.3 is 4.74 Å². The van der Waals surface area contributed by atoms with Gasteiger partial charge in [-0.25, -0.2) is 9.88 Å². The first-order valence-corrected chi connectivity index (χ1v) is 8.85. The molecule has 0 unspecified atom stereocenters. The van der Waals surface area contributed by atoms with Gasteiger partial charge in [0.15, 0.2) is 5.65 Å². The third-order valence-corrected chi connectivity index (χ3v) is 4.69. The number of anilines is 1. The fourth-order valence-corrected chi connectivity index (χ4v) is 3.47. The third kappa shape index (κ3) is 3.06. The predicted octanol–water partition coefficient (Wildman–Crippen LogP) is 3.72. The second-order valence-electron chi connectivity index (χ2n) is 6.58. The number of pyridine rings is 2. The maximum Gasteiger partial charge on any atom is 0.573 e. The molecule has 0 saturated carbocycles. The molecule has 1 aliphatic rings. The second-order valence-corrected chi connectivity index (χ2v) is 6.58. The van der Waals surface area contributed by atoms with Gasteiger partial charge in [-0.2, -0.15) is 5.10 Å². The molecule has 0 bridgehead atoms. The fourth-order valence-electron chi connectivity index (χ4n) is 3.47. The van der Waals surface area contributed by atoms with Crippen LogP contribution in [0.5, 0.6) is 5.75 Å². The molecule has 0 atom stereocenters. The largest absolute Gasteiger partial charge is 0.573 e. The van der Waals surface area contributed by atoms with Crippen LogP contribution in [0.3, 0.4) is 0 Å². The zero-order valence-corrected chi connectivity index (χ0v) is 15.3. The summed E-state index contributed by atoms with van der Waals surface area (Å²) in [5.41, 5.74) is 1.31. The molecular formula is C20H10F3N5O3. The van der Waals surface area contributed by atoms with Crippen LogP contribution in [-0.2, 0) is 0 Å². The Morgan fingerprint density at radius 1 is 1.03 bits per heavy atom. The van der Waals surface area contributed by atoms with Gasteiger partial charge in [0, 0.05) is 30.2 Å². The lowest BCUT2D eigenvalue weighted by Gasteiger charge is -2.16. The molecule has 11 heteroatoms. The highest BCUT2D eigenvalue weighted by molar-refractivity contribution is 6.38. The van der Waals surface area contributed by atoms with Crippen molar-refractivity contribution in [3.8, 4) is 17.0 Å². The van der Waals surface area contributed by atoms with Crippen molar-refractivity contribution in [3.63, 3.8) is 0 Å². The number of alkyl halides is 3. The molecule has 1 aromatic carbocycles. The van der Waals surface area contributed by atoms with Crippen LogP contribution >= 0.6 is 0 Å². The lowest BCUT2D eigenvalue weighted by molar-refractivity contribution is -0.274. The summed E-state index contributed by atoms with van der Waals surface area (Å²) < 4.78 is 41.6. The van der Waals surface area contributed by atoms with Crippen molar-refractivity contribution in [2.45, 2.75) is 6.36 Å². The van der Waals surface area contributed by atoms with E-state index >= 15 is 0 Å². The number of H-pyrrole nitrogens is 1. The highest BCUT2D eigenvalue weighted by Gasteiger charge is 2.40. The average molecular weight is 425 g/mol. The lowest BCUT2D eigenvalue weighted by Crippen LogP contribution is -2.29. The number of aromatic amines is 1. The number of rotatable bonds is 3. The Labute approximate surface area is 171 Å². The van der Waals surface area contributed by atoms with Crippen LogP contribution in [0, 0.1) is 0 Å². The monoisotopic (exact) mass is 425 g/mol. The molecule has 1 N–H and O–H groups in total. The average Bonchev–Trinajstić information content (AvgIpc) is 3.26. The molecule has 0 radical (unpaired) electrons. The molecule has 2 amide bonds. The zero-order valence-electron chi connectivity index (χ0n) is 15.3. The Hall–Kier alpha value is -4.28. The Balaban J connectivity index is 1.64. The lowest BCUT2D eigenvalue weighted by atomic mass is 10.0. The molecule has 0 aliphatic carbocycles. The number of halogens is 3. The smallest absolute Gasteiger partial charge is 0.406 e. The molecule has 0 saturated heterocycles. The molecule has 1 aliphatic heterocycles. The predicted molar refractivity (Wildman–Crippen MR) is 101 cm³/mol. The molecule has 3 aromatic heterocycles. The number of ether oxygens (including phenoxy) is 1. The van der Waals surface area contributed by atoms with Gasteiger partial charge in [-0.1, -0.05) is 6.07 Å². The van der Waals surface area contributed by atoms with Crippen molar-refractivity contribution in [3.05, 3.63) is 66.1 Å². The van der Waals surface area contributed by atoms with Crippen molar-refractivity contribution in [2.24, 2.45) is 0 Å². The number of amides is 2. The van der Waals surface area contributed by atoms with Gasteiger partial charge in [-0.15, -0.1) is 13.2 Å². The first-order chi connectivity index (χ1) is 14.8. The molecule has 0 fully saturated rings. The highest BCUT2D eigenvalue weighted by atomic mass is 19.4. The summed E-state index contributed by atoms with van der Waals surface area (Å²) in [7, 11) is 0. The van der Waals surface area contributed by atoms with E-state index in [4.69, 9.17) is 0 Å². The summed E-state index contributed by atoms with van der Waals surface area (Å²) >= 11 is 0. The SMILES string of the molecule is O=C1c2cnc3n[nH]c(-c4cccnc4)c3c2C(=O)N1c1cccc(OC(F)(F)F)c1. The van der Waals surface area contributed by atoms with Crippen molar-refractivity contribution < 1.29 is 27.5 Å². The van der Waals surface area contributed by atoms with E-state index < -0.39 is 23.9 Å². The number of hydrogen-bond acceptors (Lipinski definition) is 6. The number of aromatic nitrogens is 4. The van der Waals surface area contributed by atoms with Crippen LogP contribution in [0.2, 0.25) is 0 Å². The Bertz CT molecular complexity index is 1350. The molecular weight excluding hydrogens is 415 g/mol. The van der Waals surface area contributed by atoms with Crippen molar-refractivity contribution in [2.75, 3.05) is 4.90 Å². The molecule has 8 nitrogen and oxygen atoms in total. The van der Waals surface area contributed by atoms with Crippen LogP contribution in [0.15, 0.2) is 55.0 Å². The summed E-state index contributed by atoms with van der Waals surface area (Å²) in [5, 5.41) is 7.23. The Kier molecular flexibility index (Phi) is 4.00. The summed E-state index contributed by atoms with van der Waals surface area (Å²) in [5.74, 6) is -1.97. The molecule has 31 heavy (non-hydrogen) atoms. The normalized spacial score (nSPS) is 13.7. The molecule has 4 aromatic rings. The van der Waals surface area contributed by atoms with E-state index in [9.17, 15) is 22.8 Å². The van der Waals surface area contributed by atoms with Gasteiger partial charge in [0.25, 0.3) is 11.8 Å². The van der Waals surface area contributed by atoms with Gasteiger partial charge in [0.1, 0.15) is 5.75 Å². The molecule has 154 valence electrons. The number of nitrogens with one attached hydrogen (secondary N) is 1. The summed E-state index contributed by atoms with van der Waals surface area (Å²) in [6.45, 7) is 0. The number of nitrogens with zero attached hydrogens (tertiary/aromatic N) is 4. The minimum Gasteiger partial charge on any atom is -0.406 e. The maximum atomic E-state index is 13.3. The van der Waals surface area contributed by atoms with E-state index in [1.54, 1.807) is 24.5 Å². The van der Waals surface area contributed by atoms with E-state index in [1.807, 2.05) is 0 Å². The van der Waals surface area contributed by atoms with Crippen LogP contribution in [-0.4, -0.2) is 38.3 Å². The van der Waals surface area contributed by atoms with Crippen molar-refractivity contribution in [1.82, 2.24) is 20.2 Å². The number of imide groups is 1. The fraction of sp³-hybridized carbons (Fsp3) is 0.0500. The van der Waals surface area contributed by atoms with Gasteiger partial charge in [0.2, 0.25) is 0 Å². The van der Waals surface area contributed by atoms with Gasteiger partial charge in [-0.05, 0) is 24.3 Å². The maximum absolute atomic E-state index is 13.3. The van der Waals surface area contributed by atoms with Crippen molar-refractivity contribution >= 4 is 28.5 Å². The molecule has 5 rings (SSSR count). The summed E-state index contributed by atoms with van der Waals surface area (Å²) in [6.07, 6.45) is -0.547. The van der Waals surface area contributed by atoms with Crippen LogP contribution in [0.1, 0.15) is 20.7 Å². The van der Waals surface area contributed by atoms with E-state index in [1.165, 1.54) is 18.3 Å². The third-order valence-electron chi connectivity index (χ3n) is 4.69. The number of carbonyl (C=O) groups is 2.